The normalized spacial score (nSPS) is 20.5. The van der Waals surface area contributed by atoms with Gasteiger partial charge in [0.25, 0.3) is 5.91 Å². The fraction of sp³-hybridized carbons (Fsp3) is 0.471. The Morgan fingerprint density at radius 2 is 1.96 bits per heavy atom. The van der Waals surface area contributed by atoms with Crippen LogP contribution in [0.3, 0.4) is 0 Å². The maximum absolute atomic E-state index is 12.9. The Hall–Kier alpha value is -2.58. The number of hydrogen-bond acceptors (Lipinski definition) is 3. The fourth-order valence-corrected chi connectivity index (χ4v) is 2.56. The zero-order valence-corrected chi connectivity index (χ0v) is 14.6. The molecule has 4 amide bonds. The number of nitrogens with one attached hydrogen (secondary N) is 2. The highest BCUT2D eigenvalue weighted by molar-refractivity contribution is 6.09. The van der Waals surface area contributed by atoms with E-state index in [4.69, 9.17) is 0 Å². The molecule has 2 N–H and O–H groups in total. The number of rotatable bonds is 5. The van der Waals surface area contributed by atoms with E-state index >= 15 is 0 Å². The standard InChI is InChI=1S/C17H20F3N3O3/c1-10(2)8-21-13(24)9-23-14(25)16(3,22-15(23)26)11-5-4-6-12(7-11)17(18,19)20/h4-7,10H,8-9H2,1-3H3,(H,21,24)(H,22,26)/t16-/m0/s1. The summed E-state index contributed by atoms with van der Waals surface area (Å²) < 4.78 is 38.7. The van der Waals surface area contributed by atoms with Crippen LogP contribution >= 0.6 is 0 Å². The van der Waals surface area contributed by atoms with Crippen molar-refractivity contribution in [1.29, 1.82) is 0 Å². The molecule has 0 radical (unpaired) electrons. The van der Waals surface area contributed by atoms with E-state index in [-0.39, 0.29) is 11.5 Å². The molecule has 6 nitrogen and oxygen atoms in total. The van der Waals surface area contributed by atoms with Gasteiger partial charge in [0, 0.05) is 6.54 Å². The Balaban J connectivity index is 2.22. The number of hydrogen-bond donors (Lipinski definition) is 2. The van der Waals surface area contributed by atoms with Gasteiger partial charge in [-0.05, 0) is 30.5 Å². The topological polar surface area (TPSA) is 78.5 Å². The average Bonchev–Trinajstić information content (AvgIpc) is 2.76. The monoisotopic (exact) mass is 371 g/mol. The zero-order chi connectivity index (χ0) is 19.7. The van der Waals surface area contributed by atoms with Crippen molar-refractivity contribution in [3.63, 3.8) is 0 Å². The third-order valence-corrected chi connectivity index (χ3v) is 4.05. The van der Waals surface area contributed by atoms with Gasteiger partial charge in [0.2, 0.25) is 5.91 Å². The lowest BCUT2D eigenvalue weighted by Crippen LogP contribution is -2.43. The summed E-state index contributed by atoms with van der Waals surface area (Å²) in [5, 5.41) is 4.97. The summed E-state index contributed by atoms with van der Waals surface area (Å²) in [5.74, 6) is -1.10. The third kappa shape index (κ3) is 3.97. The fourth-order valence-electron chi connectivity index (χ4n) is 2.56. The summed E-state index contributed by atoms with van der Waals surface area (Å²) in [6.45, 7) is 4.98. The lowest BCUT2D eigenvalue weighted by Gasteiger charge is -2.23. The Bertz CT molecular complexity index is 733. The Kier molecular flexibility index (Phi) is 5.29. The molecular formula is C17H20F3N3O3. The van der Waals surface area contributed by atoms with Crippen molar-refractivity contribution < 1.29 is 27.6 Å². The molecule has 1 aromatic rings. The van der Waals surface area contributed by atoms with Crippen LogP contribution in [0.1, 0.15) is 31.9 Å². The predicted molar refractivity (Wildman–Crippen MR) is 86.9 cm³/mol. The second-order valence-electron chi connectivity index (χ2n) is 6.72. The molecule has 0 saturated carbocycles. The number of imide groups is 1. The van der Waals surface area contributed by atoms with Crippen LogP contribution in [0, 0.1) is 5.92 Å². The summed E-state index contributed by atoms with van der Waals surface area (Å²) >= 11 is 0. The van der Waals surface area contributed by atoms with Crippen LogP contribution in [0.25, 0.3) is 0 Å². The van der Waals surface area contributed by atoms with Crippen molar-refractivity contribution in [3.8, 4) is 0 Å². The van der Waals surface area contributed by atoms with E-state index < -0.39 is 41.7 Å². The number of urea groups is 1. The molecule has 1 aromatic carbocycles. The van der Waals surface area contributed by atoms with E-state index in [9.17, 15) is 27.6 Å². The lowest BCUT2D eigenvalue weighted by molar-refractivity contribution is -0.138. The van der Waals surface area contributed by atoms with E-state index in [2.05, 4.69) is 10.6 Å². The number of carbonyl (C=O) groups is 3. The summed E-state index contributed by atoms with van der Waals surface area (Å²) in [6.07, 6.45) is -4.57. The minimum absolute atomic E-state index is 0.00392. The SMILES string of the molecule is CC(C)CNC(=O)CN1C(=O)N[C@@](C)(c2cccc(C(F)(F)F)c2)C1=O. The lowest BCUT2D eigenvalue weighted by atomic mass is 9.90. The average molecular weight is 371 g/mol. The van der Waals surface area contributed by atoms with Crippen LogP contribution in [0.15, 0.2) is 24.3 Å². The molecule has 142 valence electrons. The summed E-state index contributed by atoms with van der Waals surface area (Å²) in [7, 11) is 0. The minimum atomic E-state index is -4.57. The van der Waals surface area contributed by atoms with Crippen LogP contribution in [-0.4, -0.2) is 35.8 Å². The van der Waals surface area contributed by atoms with Crippen molar-refractivity contribution in [2.45, 2.75) is 32.5 Å². The van der Waals surface area contributed by atoms with Gasteiger partial charge in [-0.25, -0.2) is 4.79 Å². The first-order chi connectivity index (χ1) is 11.9. The van der Waals surface area contributed by atoms with Gasteiger partial charge < -0.3 is 10.6 Å². The van der Waals surface area contributed by atoms with Crippen LogP contribution in [0.2, 0.25) is 0 Å². The second kappa shape index (κ2) is 6.97. The van der Waals surface area contributed by atoms with E-state index in [0.717, 1.165) is 12.1 Å². The van der Waals surface area contributed by atoms with Crippen molar-refractivity contribution >= 4 is 17.8 Å². The first-order valence-electron chi connectivity index (χ1n) is 8.03. The molecule has 0 unspecified atom stereocenters. The number of halogens is 3. The number of alkyl halides is 3. The van der Waals surface area contributed by atoms with Crippen molar-refractivity contribution in [3.05, 3.63) is 35.4 Å². The van der Waals surface area contributed by atoms with Crippen molar-refractivity contribution in [2.24, 2.45) is 5.92 Å². The molecule has 0 aliphatic carbocycles. The maximum atomic E-state index is 12.9. The molecule has 1 fully saturated rings. The van der Waals surface area contributed by atoms with Crippen molar-refractivity contribution in [1.82, 2.24) is 15.5 Å². The highest BCUT2D eigenvalue weighted by Gasteiger charge is 2.50. The number of nitrogens with zero attached hydrogens (tertiary/aromatic N) is 1. The number of amides is 4. The number of carbonyl (C=O) groups excluding carboxylic acids is 3. The van der Waals surface area contributed by atoms with Gasteiger partial charge in [0.05, 0.1) is 5.56 Å². The quantitative estimate of drug-likeness (QED) is 0.780. The first-order valence-corrected chi connectivity index (χ1v) is 8.03. The molecule has 2 rings (SSSR count). The van der Waals surface area contributed by atoms with Crippen LogP contribution < -0.4 is 10.6 Å². The largest absolute Gasteiger partial charge is 0.416 e. The number of benzene rings is 1. The minimum Gasteiger partial charge on any atom is -0.354 e. The van der Waals surface area contributed by atoms with Gasteiger partial charge in [-0.3, -0.25) is 14.5 Å². The molecule has 0 aromatic heterocycles. The van der Waals surface area contributed by atoms with Gasteiger partial charge in [-0.15, -0.1) is 0 Å². The molecule has 0 spiro atoms. The van der Waals surface area contributed by atoms with Gasteiger partial charge in [0.1, 0.15) is 12.1 Å². The molecule has 1 aliphatic heterocycles. The van der Waals surface area contributed by atoms with E-state index in [1.165, 1.54) is 19.1 Å². The summed E-state index contributed by atoms with van der Waals surface area (Å²) in [4.78, 5) is 37.4. The molecule has 1 atom stereocenters. The third-order valence-electron chi connectivity index (χ3n) is 4.05. The summed E-state index contributed by atoms with van der Waals surface area (Å²) in [6, 6.07) is 3.37. The maximum Gasteiger partial charge on any atom is 0.416 e. The van der Waals surface area contributed by atoms with Crippen LogP contribution in [-0.2, 0) is 21.3 Å². The molecule has 9 heteroatoms. The van der Waals surface area contributed by atoms with Gasteiger partial charge in [-0.2, -0.15) is 13.2 Å². The van der Waals surface area contributed by atoms with Crippen LogP contribution in [0.5, 0.6) is 0 Å². The van der Waals surface area contributed by atoms with Crippen LogP contribution in [0.4, 0.5) is 18.0 Å². The van der Waals surface area contributed by atoms with E-state index in [1.807, 2.05) is 13.8 Å². The highest BCUT2D eigenvalue weighted by atomic mass is 19.4. The Labute approximate surface area is 148 Å². The highest BCUT2D eigenvalue weighted by Crippen LogP contribution is 2.34. The smallest absolute Gasteiger partial charge is 0.354 e. The molecule has 1 heterocycles. The molecular weight excluding hydrogens is 351 g/mol. The Morgan fingerprint density at radius 3 is 2.54 bits per heavy atom. The zero-order valence-electron chi connectivity index (χ0n) is 14.6. The van der Waals surface area contributed by atoms with E-state index in [0.29, 0.717) is 11.4 Å². The van der Waals surface area contributed by atoms with E-state index in [1.54, 1.807) is 0 Å². The van der Waals surface area contributed by atoms with Gasteiger partial charge in [-0.1, -0.05) is 26.0 Å². The predicted octanol–water partition coefficient (Wildman–Crippen LogP) is 2.24. The summed E-state index contributed by atoms with van der Waals surface area (Å²) in [5.41, 5.74) is -2.60. The van der Waals surface area contributed by atoms with Gasteiger partial charge >= 0.3 is 12.2 Å². The molecule has 0 bridgehead atoms. The second-order valence-corrected chi connectivity index (χ2v) is 6.72. The van der Waals surface area contributed by atoms with Crippen molar-refractivity contribution in [2.75, 3.05) is 13.1 Å². The molecule has 1 saturated heterocycles. The van der Waals surface area contributed by atoms with Gasteiger partial charge in [0.15, 0.2) is 0 Å². The Morgan fingerprint density at radius 1 is 1.31 bits per heavy atom. The molecule has 1 aliphatic rings. The molecule has 26 heavy (non-hydrogen) atoms. The first kappa shape index (κ1) is 19.7.